The SMILES string of the molecule is NCCn1c(=O)[nH]c2ccc(C(=O)NCCO)cc21. The number of rotatable bonds is 5. The molecule has 0 saturated carbocycles. The minimum Gasteiger partial charge on any atom is -0.395 e. The molecule has 7 heteroatoms. The second-order valence-corrected chi connectivity index (χ2v) is 4.08. The zero-order valence-corrected chi connectivity index (χ0v) is 10.3. The Hall–Kier alpha value is -2.12. The molecule has 0 saturated heterocycles. The number of imidazole rings is 1. The van der Waals surface area contributed by atoms with Crippen molar-refractivity contribution in [3.63, 3.8) is 0 Å². The lowest BCUT2D eigenvalue weighted by Crippen LogP contribution is -2.26. The third-order valence-electron chi connectivity index (χ3n) is 2.79. The zero-order valence-electron chi connectivity index (χ0n) is 10.3. The van der Waals surface area contributed by atoms with Crippen LogP contribution in [0.4, 0.5) is 0 Å². The first-order chi connectivity index (χ1) is 9.17. The standard InChI is InChI=1S/C12H16N4O3/c13-3-5-16-10-7-8(11(18)14-4-6-17)1-2-9(10)15-12(16)19/h1-2,7,17H,3-6,13H2,(H,14,18)(H,15,19). The molecule has 0 spiro atoms. The van der Waals surface area contributed by atoms with E-state index in [9.17, 15) is 9.59 Å². The van der Waals surface area contributed by atoms with Crippen LogP contribution in [-0.4, -0.2) is 40.3 Å². The predicted molar refractivity (Wildman–Crippen MR) is 71.0 cm³/mol. The van der Waals surface area contributed by atoms with Crippen molar-refractivity contribution in [1.29, 1.82) is 0 Å². The van der Waals surface area contributed by atoms with Crippen LogP contribution in [0.15, 0.2) is 23.0 Å². The fourth-order valence-corrected chi connectivity index (χ4v) is 1.92. The van der Waals surface area contributed by atoms with Gasteiger partial charge in [0.15, 0.2) is 0 Å². The number of aromatic amines is 1. The van der Waals surface area contributed by atoms with Crippen molar-refractivity contribution >= 4 is 16.9 Å². The van der Waals surface area contributed by atoms with Gasteiger partial charge in [-0.3, -0.25) is 9.36 Å². The van der Waals surface area contributed by atoms with Gasteiger partial charge in [0.1, 0.15) is 0 Å². The van der Waals surface area contributed by atoms with Gasteiger partial charge < -0.3 is 21.1 Å². The molecule has 1 aromatic heterocycles. The fraction of sp³-hybridized carbons (Fsp3) is 0.333. The summed E-state index contributed by atoms with van der Waals surface area (Å²) in [7, 11) is 0. The Labute approximate surface area is 109 Å². The van der Waals surface area contributed by atoms with E-state index in [1.165, 1.54) is 4.57 Å². The Bertz CT molecular complexity index is 644. The minimum absolute atomic E-state index is 0.115. The summed E-state index contributed by atoms with van der Waals surface area (Å²) in [4.78, 5) is 26.2. The molecule has 5 N–H and O–H groups in total. The van der Waals surface area contributed by atoms with Crippen LogP contribution in [0.3, 0.4) is 0 Å². The molecule has 19 heavy (non-hydrogen) atoms. The number of benzene rings is 1. The molecule has 102 valence electrons. The van der Waals surface area contributed by atoms with Crippen LogP contribution < -0.4 is 16.7 Å². The van der Waals surface area contributed by atoms with E-state index in [0.717, 1.165) is 0 Å². The van der Waals surface area contributed by atoms with Gasteiger partial charge in [-0.15, -0.1) is 0 Å². The minimum atomic E-state index is -0.288. The maximum Gasteiger partial charge on any atom is 0.326 e. The smallest absolute Gasteiger partial charge is 0.326 e. The van der Waals surface area contributed by atoms with Crippen molar-refractivity contribution in [2.75, 3.05) is 19.7 Å². The summed E-state index contributed by atoms with van der Waals surface area (Å²) >= 11 is 0. The van der Waals surface area contributed by atoms with E-state index in [-0.39, 0.29) is 24.7 Å². The molecule has 0 fully saturated rings. The van der Waals surface area contributed by atoms with E-state index < -0.39 is 0 Å². The number of aromatic nitrogens is 2. The van der Waals surface area contributed by atoms with Crippen molar-refractivity contribution in [2.45, 2.75) is 6.54 Å². The summed E-state index contributed by atoms with van der Waals surface area (Å²) < 4.78 is 1.50. The first-order valence-electron chi connectivity index (χ1n) is 5.99. The van der Waals surface area contributed by atoms with Crippen molar-refractivity contribution in [2.24, 2.45) is 5.73 Å². The first-order valence-corrected chi connectivity index (χ1v) is 5.99. The number of hydrogen-bond acceptors (Lipinski definition) is 4. The second kappa shape index (κ2) is 5.68. The van der Waals surface area contributed by atoms with Gasteiger partial charge >= 0.3 is 5.69 Å². The van der Waals surface area contributed by atoms with Crippen LogP contribution in [0.2, 0.25) is 0 Å². The van der Waals surface area contributed by atoms with Crippen molar-refractivity contribution in [1.82, 2.24) is 14.9 Å². The van der Waals surface area contributed by atoms with E-state index in [0.29, 0.717) is 29.7 Å². The fourth-order valence-electron chi connectivity index (χ4n) is 1.92. The number of carbonyl (C=O) groups is 1. The predicted octanol–water partition coefficient (Wildman–Crippen LogP) is -0.990. The number of aliphatic hydroxyl groups is 1. The van der Waals surface area contributed by atoms with Gasteiger partial charge in [-0.2, -0.15) is 0 Å². The quantitative estimate of drug-likeness (QED) is 0.555. The Morgan fingerprint density at radius 3 is 2.95 bits per heavy atom. The molecule has 7 nitrogen and oxygen atoms in total. The number of nitrogens with two attached hydrogens (primary N) is 1. The van der Waals surface area contributed by atoms with Crippen molar-refractivity contribution < 1.29 is 9.90 Å². The van der Waals surface area contributed by atoms with E-state index >= 15 is 0 Å². The number of aliphatic hydroxyl groups excluding tert-OH is 1. The highest BCUT2D eigenvalue weighted by molar-refractivity contribution is 5.97. The Balaban J connectivity index is 2.41. The van der Waals surface area contributed by atoms with Gasteiger partial charge in [0.2, 0.25) is 0 Å². The third kappa shape index (κ3) is 2.67. The summed E-state index contributed by atoms with van der Waals surface area (Å²) in [5.41, 5.74) is 6.97. The molecular weight excluding hydrogens is 248 g/mol. The molecule has 0 aliphatic heterocycles. The number of nitrogens with zero attached hydrogens (tertiary/aromatic N) is 1. The molecule has 0 atom stereocenters. The summed E-state index contributed by atoms with van der Waals surface area (Å²) in [6.45, 7) is 0.809. The maximum absolute atomic E-state index is 11.8. The second-order valence-electron chi connectivity index (χ2n) is 4.08. The largest absolute Gasteiger partial charge is 0.395 e. The lowest BCUT2D eigenvalue weighted by Gasteiger charge is -2.05. The molecule has 1 aromatic carbocycles. The number of nitrogens with one attached hydrogen (secondary N) is 2. The molecule has 2 rings (SSSR count). The van der Waals surface area contributed by atoms with Crippen LogP contribution in [0.1, 0.15) is 10.4 Å². The first kappa shape index (κ1) is 13.3. The van der Waals surface area contributed by atoms with Gasteiger partial charge in [0, 0.05) is 25.2 Å². The third-order valence-corrected chi connectivity index (χ3v) is 2.79. The van der Waals surface area contributed by atoms with Crippen LogP contribution in [0, 0.1) is 0 Å². The summed E-state index contributed by atoms with van der Waals surface area (Å²) in [6.07, 6.45) is 0. The van der Waals surface area contributed by atoms with E-state index in [1.807, 2.05) is 0 Å². The highest BCUT2D eigenvalue weighted by Gasteiger charge is 2.10. The van der Waals surface area contributed by atoms with Crippen molar-refractivity contribution in [3.05, 3.63) is 34.2 Å². The van der Waals surface area contributed by atoms with E-state index in [1.54, 1.807) is 18.2 Å². The van der Waals surface area contributed by atoms with Crippen LogP contribution in [-0.2, 0) is 6.54 Å². The monoisotopic (exact) mass is 264 g/mol. The summed E-state index contributed by atoms with van der Waals surface area (Å²) in [6, 6.07) is 4.94. The molecule has 0 aliphatic rings. The molecular formula is C12H16N4O3. The zero-order chi connectivity index (χ0) is 13.8. The topological polar surface area (TPSA) is 113 Å². The highest BCUT2D eigenvalue weighted by Crippen LogP contribution is 2.12. The number of amides is 1. The number of H-pyrrole nitrogens is 1. The van der Waals surface area contributed by atoms with Gasteiger partial charge in [0.05, 0.1) is 17.6 Å². The normalized spacial score (nSPS) is 10.8. The van der Waals surface area contributed by atoms with Crippen LogP contribution in [0.25, 0.3) is 11.0 Å². The van der Waals surface area contributed by atoms with Gasteiger partial charge in [0.25, 0.3) is 5.91 Å². The molecule has 1 amide bonds. The molecule has 0 bridgehead atoms. The average molecular weight is 264 g/mol. The number of carbonyl (C=O) groups excluding carboxylic acids is 1. The van der Waals surface area contributed by atoms with Gasteiger partial charge in [-0.25, -0.2) is 4.79 Å². The lowest BCUT2D eigenvalue weighted by atomic mass is 10.2. The van der Waals surface area contributed by atoms with Crippen LogP contribution in [0.5, 0.6) is 0 Å². The molecule has 2 aromatic rings. The molecule has 0 unspecified atom stereocenters. The highest BCUT2D eigenvalue weighted by atomic mass is 16.3. The van der Waals surface area contributed by atoms with E-state index in [2.05, 4.69) is 10.3 Å². The molecule has 1 heterocycles. The van der Waals surface area contributed by atoms with E-state index in [4.69, 9.17) is 10.8 Å². The molecule has 0 aliphatic carbocycles. The van der Waals surface area contributed by atoms with Gasteiger partial charge in [-0.05, 0) is 18.2 Å². The average Bonchev–Trinajstić information content (AvgIpc) is 2.72. The number of fused-ring (bicyclic) bond motifs is 1. The lowest BCUT2D eigenvalue weighted by molar-refractivity contribution is 0.0945. The Morgan fingerprint density at radius 1 is 1.47 bits per heavy atom. The number of hydrogen-bond donors (Lipinski definition) is 4. The van der Waals surface area contributed by atoms with Crippen LogP contribution >= 0.6 is 0 Å². The van der Waals surface area contributed by atoms with Crippen molar-refractivity contribution in [3.8, 4) is 0 Å². The van der Waals surface area contributed by atoms with Gasteiger partial charge in [-0.1, -0.05) is 0 Å². The Morgan fingerprint density at radius 2 is 2.26 bits per heavy atom. The Kier molecular flexibility index (Phi) is 3.98. The summed E-state index contributed by atoms with van der Waals surface area (Å²) in [5.74, 6) is -0.288. The summed E-state index contributed by atoms with van der Waals surface area (Å²) in [5, 5.41) is 11.2. The molecule has 0 radical (unpaired) electrons. The maximum atomic E-state index is 11.8.